The first-order chi connectivity index (χ1) is 12.7. The Balaban J connectivity index is 1.69. The monoisotopic (exact) mass is 353 g/mol. The Morgan fingerprint density at radius 2 is 1.77 bits per heavy atom. The number of carbonyl (C=O) groups is 1. The molecule has 1 fully saturated rings. The van der Waals surface area contributed by atoms with Crippen LogP contribution in [0.3, 0.4) is 0 Å². The Morgan fingerprint density at radius 1 is 1.08 bits per heavy atom. The Morgan fingerprint density at radius 3 is 2.42 bits per heavy atom. The summed E-state index contributed by atoms with van der Waals surface area (Å²) in [6.45, 7) is 7.89. The normalized spacial score (nSPS) is 14.2. The molecule has 6 heteroatoms. The van der Waals surface area contributed by atoms with Gasteiger partial charge in [0.1, 0.15) is 5.69 Å². The molecule has 0 atom stereocenters. The van der Waals surface area contributed by atoms with E-state index in [0.29, 0.717) is 11.6 Å². The van der Waals surface area contributed by atoms with Crippen LogP contribution < -0.4 is 10.2 Å². The molecule has 1 saturated heterocycles. The summed E-state index contributed by atoms with van der Waals surface area (Å²) in [7, 11) is 0. The van der Waals surface area contributed by atoms with Crippen LogP contribution in [-0.2, 0) is 0 Å². The summed E-state index contributed by atoms with van der Waals surface area (Å²) >= 11 is 0. The number of nitrogens with one attached hydrogen (secondary N) is 1. The van der Waals surface area contributed by atoms with Crippen LogP contribution in [0.1, 0.15) is 43.6 Å². The molecular weight excluding hydrogens is 326 g/mol. The van der Waals surface area contributed by atoms with Gasteiger partial charge in [-0.3, -0.25) is 4.79 Å². The summed E-state index contributed by atoms with van der Waals surface area (Å²) in [5, 5.41) is 3.19. The van der Waals surface area contributed by atoms with E-state index in [9.17, 15) is 4.79 Å². The van der Waals surface area contributed by atoms with Crippen LogP contribution >= 0.6 is 0 Å². The van der Waals surface area contributed by atoms with Crippen molar-refractivity contribution in [2.24, 2.45) is 0 Å². The van der Waals surface area contributed by atoms with Gasteiger partial charge in [0.05, 0.1) is 0 Å². The molecule has 0 spiro atoms. The molecule has 1 aromatic heterocycles. The van der Waals surface area contributed by atoms with Crippen LogP contribution in [0.15, 0.2) is 36.5 Å². The topological polar surface area (TPSA) is 61.4 Å². The fraction of sp³-hybridized carbons (Fsp3) is 0.450. The molecule has 0 bridgehead atoms. The summed E-state index contributed by atoms with van der Waals surface area (Å²) in [5.41, 5.74) is 2.54. The number of rotatable bonds is 6. The minimum Gasteiger partial charge on any atom is -0.372 e. The SMILES string of the molecule is CCN(CC)c1ccc(Nc2nccc(C(=O)N3CCCCC3)n2)cc1. The van der Waals surface area contributed by atoms with Gasteiger partial charge in [0, 0.05) is 43.8 Å². The second-order valence-electron chi connectivity index (χ2n) is 6.46. The molecule has 0 saturated carbocycles. The van der Waals surface area contributed by atoms with Gasteiger partial charge in [0.15, 0.2) is 0 Å². The Hall–Kier alpha value is -2.63. The standard InChI is InChI=1S/C20H27N5O/c1-3-24(4-2)17-10-8-16(9-11-17)22-20-21-13-12-18(23-20)19(26)25-14-6-5-7-15-25/h8-13H,3-7,14-15H2,1-2H3,(H,21,22,23). The van der Waals surface area contributed by atoms with Crippen molar-refractivity contribution in [2.45, 2.75) is 33.1 Å². The zero-order valence-corrected chi connectivity index (χ0v) is 15.6. The third-order valence-corrected chi connectivity index (χ3v) is 4.77. The van der Waals surface area contributed by atoms with Gasteiger partial charge in [-0.1, -0.05) is 0 Å². The lowest BCUT2D eigenvalue weighted by Gasteiger charge is -2.26. The summed E-state index contributed by atoms with van der Waals surface area (Å²) in [6, 6.07) is 9.87. The highest BCUT2D eigenvalue weighted by molar-refractivity contribution is 5.92. The highest BCUT2D eigenvalue weighted by Gasteiger charge is 2.19. The number of benzene rings is 1. The van der Waals surface area contributed by atoms with E-state index in [1.807, 2.05) is 17.0 Å². The average molecular weight is 353 g/mol. The zero-order chi connectivity index (χ0) is 18.4. The van der Waals surface area contributed by atoms with Gasteiger partial charge in [0.2, 0.25) is 5.95 Å². The molecule has 2 heterocycles. The molecule has 1 aromatic carbocycles. The molecular formula is C20H27N5O. The lowest BCUT2D eigenvalue weighted by Crippen LogP contribution is -2.36. The molecule has 0 unspecified atom stereocenters. The van der Waals surface area contributed by atoms with E-state index in [1.54, 1.807) is 12.3 Å². The van der Waals surface area contributed by atoms with Gasteiger partial charge in [0.25, 0.3) is 5.91 Å². The summed E-state index contributed by atoms with van der Waals surface area (Å²) < 4.78 is 0. The number of hydrogen-bond acceptors (Lipinski definition) is 5. The number of aromatic nitrogens is 2. The van der Waals surface area contributed by atoms with Crippen molar-refractivity contribution in [3.05, 3.63) is 42.2 Å². The number of piperidine rings is 1. The highest BCUT2D eigenvalue weighted by atomic mass is 16.2. The maximum atomic E-state index is 12.6. The molecule has 0 radical (unpaired) electrons. The molecule has 1 aliphatic heterocycles. The maximum absolute atomic E-state index is 12.6. The number of nitrogens with zero attached hydrogens (tertiary/aromatic N) is 4. The van der Waals surface area contributed by atoms with Crippen LogP contribution in [0.25, 0.3) is 0 Å². The first kappa shape index (κ1) is 18.2. The van der Waals surface area contributed by atoms with Crippen LogP contribution in [0, 0.1) is 0 Å². The van der Waals surface area contributed by atoms with Crippen molar-refractivity contribution in [3.63, 3.8) is 0 Å². The summed E-state index contributed by atoms with van der Waals surface area (Å²) in [6.07, 6.45) is 4.97. The fourth-order valence-corrected chi connectivity index (χ4v) is 3.27. The summed E-state index contributed by atoms with van der Waals surface area (Å²) in [5.74, 6) is 0.440. The largest absolute Gasteiger partial charge is 0.372 e. The molecule has 3 rings (SSSR count). The van der Waals surface area contributed by atoms with E-state index in [1.165, 1.54) is 12.1 Å². The van der Waals surface area contributed by atoms with Crippen molar-refractivity contribution in [2.75, 3.05) is 36.4 Å². The Labute approximate surface area is 155 Å². The highest BCUT2D eigenvalue weighted by Crippen LogP contribution is 2.20. The number of carbonyl (C=O) groups excluding carboxylic acids is 1. The Kier molecular flexibility index (Phi) is 6.04. The molecule has 1 amide bonds. The molecule has 1 N–H and O–H groups in total. The van der Waals surface area contributed by atoms with Crippen molar-refractivity contribution in [1.82, 2.24) is 14.9 Å². The van der Waals surface area contributed by atoms with E-state index >= 15 is 0 Å². The van der Waals surface area contributed by atoms with E-state index in [2.05, 4.69) is 46.2 Å². The van der Waals surface area contributed by atoms with E-state index in [0.717, 1.165) is 44.7 Å². The number of amides is 1. The minimum absolute atomic E-state index is 0.00738. The number of likely N-dealkylation sites (tertiary alicyclic amines) is 1. The van der Waals surface area contributed by atoms with E-state index in [4.69, 9.17) is 0 Å². The lowest BCUT2D eigenvalue weighted by atomic mass is 10.1. The lowest BCUT2D eigenvalue weighted by molar-refractivity contribution is 0.0718. The van der Waals surface area contributed by atoms with Crippen molar-refractivity contribution in [3.8, 4) is 0 Å². The second-order valence-corrected chi connectivity index (χ2v) is 6.46. The maximum Gasteiger partial charge on any atom is 0.272 e. The van der Waals surface area contributed by atoms with Gasteiger partial charge in [-0.25, -0.2) is 9.97 Å². The zero-order valence-electron chi connectivity index (χ0n) is 15.6. The van der Waals surface area contributed by atoms with Crippen molar-refractivity contribution < 1.29 is 4.79 Å². The van der Waals surface area contributed by atoms with Gasteiger partial charge < -0.3 is 15.1 Å². The minimum atomic E-state index is -0.00738. The molecule has 138 valence electrons. The third kappa shape index (κ3) is 4.31. The predicted octanol–water partition coefficient (Wildman–Crippen LogP) is 3.69. The van der Waals surface area contributed by atoms with Crippen molar-refractivity contribution in [1.29, 1.82) is 0 Å². The molecule has 6 nitrogen and oxygen atoms in total. The average Bonchev–Trinajstić information content (AvgIpc) is 2.70. The van der Waals surface area contributed by atoms with Gasteiger partial charge in [-0.05, 0) is 63.4 Å². The molecule has 0 aliphatic carbocycles. The van der Waals surface area contributed by atoms with Crippen LogP contribution in [0.5, 0.6) is 0 Å². The summed E-state index contributed by atoms with van der Waals surface area (Å²) in [4.78, 5) is 25.4. The van der Waals surface area contributed by atoms with Gasteiger partial charge in [-0.2, -0.15) is 0 Å². The predicted molar refractivity (Wildman–Crippen MR) is 105 cm³/mol. The second kappa shape index (κ2) is 8.65. The van der Waals surface area contributed by atoms with Gasteiger partial charge >= 0.3 is 0 Å². The van der Waals surface area contributed by atoms with Crippen LogP contribution in [0.4, 0.5) is 17.3 Å². The van der Waals surface area contributed by atoms with Crippen LogP contribution in [0.2, 0.25) is 0 Å². The number of anilines is 3. The van der Waals surface area contributed by atoms with Gasteiger partial charge in [-0.15, -0.1) is 0 Å². The van der Waals surface area contributed by atoms with E-state index in [-0.39, 0.29) is 5.91 Å². The smallest absolute Gasteiger partial charge is 0.272 e. The first-order valence-corrected chi connectivity index (χ1v) is 9.45. The molecule has 1 aliphatic rings. The first-order valence-electron chi connectivity index (χ1n) is 9.45. The molecule has 26 heavy (non-hydrogen) atoms. The van der Waals surface area contributed by atoms with Crippen LogP contribution in [-0.4, -0.2) is 47.0 Å². The van der Waals surface area contributed by atoms with Crippen molar-refractivity contribution >= 4 is 23.2 Å². The third-order valence-electron chi connectivity index (χ3n) is 4.77. The Bertz CT molecular complexity index is 721. The molecule has 2 aromatic rings. The number of hydrogen-bond donors (Lipinski definition) is 1. The quantitative estimate of drug-likeness (QED) is 0.858. The van der Waals surface area contributed by atoms with E-state index < -0.39 is 0 Å². The fourth-order valence-electron chi connectivity index (χ4n) is 3.27.